The average molecular weight is 393 g/mol. The van der Waals surface area contributed by atoms with E-state index in [1.54, 1.807) is 0 Å². The Balaban J connectivity index is 1.51. The zero-order chi connectivity index (χ0) is 20.1. The van der Waals surface area contributed by atoms with Crippen molar-refractivity contribution >= 4 is 0 Å². The fourth-order valence-electron chi connectivity index (χ4n) is 3.60. The minimum Gasteiger partial charge on any atom is -0.490 e. The lowest BCUT2D eigenvalue weighted by Gasteiger charge is -2.14. The van der Waals surface area contributed by atoms with Crippen LogP contribution >= 0.6 is 0 Å². The van der Waals surface area contributed by atoms with Crippen LogP contribution in [0.5, 0.6) is 11.5 Å². The van der Waals surface area contributed by atoms with Crippen LogP contribution in [0.25, 0.3) is 22.8 Å². The molecule has 0 aliphatic carbocycles. The standard InChI is InChI=1S/C23H27N3O3/c1-3-27-20-12-11-19(15-21(20)28-4-2)23-24-22(25-29-23)18-9-7-17(8-10-18)16-26-13-5-6-14-26/h7-12,15H,3-6,13-14,16H2,1-2H3. The van der Waals surface area contributed by atoms with E-state index in [2.05, 4.69) is 39.3 Å². The van der Waals surface area contributed by atoms with E-state index in [0.29, 0.717) is 36.4 Å². The van der Waals surface area contributed by atoms with E-state index >= 15 is 0 Å². The highest BCUT2D eigenvalue weighted by Gasteiger charge is 2.15. The highest BCUT2D eigenvalue weighted by atomic mass is 16.5. The smallest absolute Gasteiger partial charge is 0.258 e. The van der Waals surface area contributed by atoms with Gasteiger partial charge in [0.25, 0.3) is 5.89 Å². The number of aromatic nitrogens is 2. The number of ether oxygens (including phenoxy) is 2. The van der Waals surface area contributed by atoms with Crippen molar-refractivity contribution in [1.82, 2.24) is 15.0 Å². The van der Waals surface area contributed by atoms with E-state index in [-0.39, 0.29) is 0 Å². The molecular weight excluding hydrogens is 366 g/mol. The molecule has 1 fully saturated rings. The fourth-order valence-corrected chi connectivity index (χ4v) is 3.60. The van der Waals surface area contributed by atoms with E-state index in [0.717, 1.165) is 17.7 Å². The van der Waals surface area contributed by atoms with Gasteiger partial charge in [-0.05, 0) is 63.5 Å². The Hall–Kier alpha value is -2.86. The first-order valence-electron chi connectivity index (χ1n) is 10.3. The van der Waals surface area contributed by atoms with Crippen molar-refractivity contribution in [2.45, 2.75) is 33.2 Å². The lowest BCUT2D eigenvalue weighted by atomic mass is 10.1. The third-order valence-corrected chi connectivity index (χ3v) is 5.03. The largest absolute Gasteiger partial charge is 0.490 e. The van der Waals surface area contributed by atoms with Gasteiger partial charge in [0.2, 0.25) is 5.82 Å². The Morgan fingerprint density at radius 1 is 0.897 bits per heavy atom. The summed E-state index contributed by atoms with van der Waals surface area (Å²) in [5, 5.41) is 4.16. The topological polar surface area (TPSA) is 60.6 Å². The summed E-state index contributed by atoms with van der Waals surface area (Å²) in [6.07, 6.45) is 2.61. The highest BCUT2D eigenvalue weighted by molar-refractivity contribution is 5.63. The number of benzene rings is 2. The molecule has 1 aliphatic heterocycles. The molecule has 6 heteroatoms. The Labute approximate surface area is 171 Å². The van der Waals surface area contributed by atoms with Crippen LogP contribution in [0.1, 0.15) is 32.3 Å². The maximum atomic E-state index is 5.69. The van der Waals surface area contributed by atoms with E-state index in [4.69, 9.17) is 14.0 Å². The van der Waals surface area contributed by atoms with Crippen molar-refractivity contribution in [2.24, 2.45) is 0 Å². The molecule has 0 bridgehead atoms. The van der Waals surface area contributed by atoms with Gasteiger partial charge in [-0.25, -0.2) is 0 Å². The van der Waals surface area contributed by atoms with Gasteiger partial charge in [-0.3, -0.25) is 4.90 Å². The number of hydrogen-bond donors (Lipinski definition) is 0. The molecule has 1 saturated heterocycles. The third kappa shape index (κ3) is 4.59. The van der Waals surface area contributed by atoms with Crippen molar-refractivity contribution in [3.05, 3.63) is 48.0 Å². The average Bonchev–Trinajstić information content (AvgIpc) is 3.43. The third-order valence-electron chi connectivity index (χ3n) is 5.03. The molecule has 0 amide bonds. The SMILES string of the molecule is CCOc1ccc(-c2nc(-c3ccc(CN4CCCC4)cc3)no2)cc1OCC. The van der Waals surface area contributed by atoms with E-state index in [9.17, 15) is 0 Å². The predicted octanol–water partition coefficient (Wildman–Crippen LogP) is 4.80. The minimum atomic E-state index is 0.463. The van der Waals surface area contributed by atoms with Gasteiger partial charge in [-0.2, -0.15) is 4.98 Å². The number of likely N-dealkylation sites (tertiary alicyclic amines) is 1. The maximum absolute atomic E-state index is 5.69. The summed E-state index contributed by atoms with van der Waals surface area (Å²) in [5.41, 5.74) is 3.06. The molecule has 1 aromatic heterocycles. The van der Waals surface area contributed by atoms with Gasteiger partial charge >= 0.3 is 0 Å². The molecular formula is C23H27N3O3. The fraction of sp³-hybridized carbons (Fsp3) is 0.391. The second-order valence-corrected chi connectivity index (χ2v) is 7.13. The molecule has 2 aromatic carbocycles. The van der Waals surface area contributed by atoms with Crippen molar-refractivity contribution in [3.63, 3.8) is 0 Å². The maximum Gasteiger partial charge on any atom is 0.258 e. The molecule has 2 heterocycles. The van der Waals surface area contributed by atoms with Gasteiger partial charge in [0, 0.05) is 17.7 Å². The molecule has 0 atom stereocenters. The lowest BCUT2D eigenvalue weighted by Crippen LogP contribution is -2.18. The Kier molecular flexibility index (Phi) is 6.10. The molecule has 29 heavy (non-hydrogen) atoms. The monoisotopic (exact) mass is 393 g/mol. The quantitative estimate of drug-likeness (QED) is 0.548. The van der Waals surface area contributed by atoms with Crippen molar-refractivity contribution < 1.29 is 14.0 Å². The van der Waals surface area contributed by atoms with E-state index in [1.165, 1.54) is 31.5 Å². The first-order chi connectivity index (χ1) is 14.3. The summed E-state index contributed by atoms with van der Waals surface area (Å²) >= 11 is 0. The zero-order valence-electron chi connectivity index (χ0n) is 17.1. The number of hydrogen-bond acceptors (Lipinski definition) is 6. The zero-order valence-corrected chi connectivity index (χ0v) is 17.1. The van der Waals surface area contributed by atoms with Crippen LogP contribution in [0.4, 0.5) is 0 Å². The number of nitrogens with zero attached hydrogens (tertiary/aromatic N) is 3. The van der Waals surface area contributed by atoms with Gasteiger partial charge in [0.05, 0.1) is 13.2 Å². The summed E-state index contributed by atoms with van der Waals surface area (Å²) in [4.78, 5) is 7.07. The van der Waals surface area contributed by atoms with Gasteiger partial charge in [0.1, 0.15) is 0 Å². The molecule has 4 rings (SSSR count). The van der Waals surface area contributed by atoms with Crippen LogP contribution < -0.4 is 9.47 Å². The summed E-state index contributed by atoms with van der Waals surface area (Å²) < 4.78 is 16.8. The van der Waals surface area contributed by atoms with Crippen LogP contribution in [0.15, 0.2) is 47.0 Å². The van der Waals surface area contributed by atoms with Crippen LogP contribution in [0, 0.1) is 0 Å². The van der Waals surface area contributed by atoms with Crippen LogP contribution in [0.3, 0.4) is 0 Å². The second-order valence-electron chi connectivity index (χ2n) is 7.13. The lowest BCUT2D eigenvalue weighted by molar-refractivity contribution is 0.288. The predicted molar refractivity (Wildman–Crippen MR) is 112 cm³/mol. The highest BCUT2D eigenvalue weighted by Crippen LogP contribution is 2.33. The molecule has 6 nitrogen and oxygen atoms in total. The first kappa shape index (κ1) is 19.5. The molecule has 0 saturated carbocycles. The summed E-state index contributed by atoms with van der Waals surface area (Å²) in [5.74, 6) is 2.44. The first-order valence-corrected chi connectivity index (χ1v) is 10.3. The minimum absolute atomic E-state index is 0.463. The van der Waals surface area contributed by atoms with Gasteiger partial charge < -0.3 is 14.0 Å². The number of rotatable bonds is 8. The molecule has 0 unspecified atom stereocenters. The van der Waals surface area contributed by atoms with Crippen molar-refractivity contribution in [2.75, 3.05) is 26.3 Å². The normalized spacial score (nSPS) is 14.3. The van der Waals surface area contributed by atoms with Crippen LogP contribution in [-0.4, -0.2) is 41.3 Å². The van der Waals surface area contributed by atoms with E-state index in [1.807, 2.05) is 32.0 Å². The van der Waals surface area contributed by atoms with Gasteiger partial charge in [-0.1, -0.05) is 29.4 Å². The van der Waals surface area contributed by atoms with Crippen molar-refractivity contribution in [1.29, 1.82) is 0 Å². The van der Waals surface area contributed by atoms with Crippen LogP contribution in [0.2, 0.25) is 0 Å². The van der Waals surface area contributed by atoms with Gasteiger partial charge in [-0.15, -0.1) is 0 Å². The molecule has 1 aliphatic rings. The molecule has 152 valence electrons. The summed E-state index contributed by atoms with van der Waals surface area (Å²) in [7, 11) is 0. The Morgan fingerprint density at radius 3 is 2.31 bits per heavy atom. The summed E-state index contributed by atoms with van der Waals surface area (Å²) in [6.45, 7) is 8.43. The molecule has 0 radical (unpaired) electrons. The van der Waals surface area contributed by atoms with Gasteiger partial charge in [0.15, 0.2) is 11.5 Å². The molecule has 3 aromatic rings. The van der Waals surface area contributed by atoms with E-state index < -0.39 is 0 Å². The second kappa shape index (κ2) is 9.09. The molecule has 0 spiro atoms. The summed E-state index contributed by atoms with van der Waals surface area (Å²) in [6, 6.07) is 14.1. The van der Waals surface area contributed by atoms with Crippen LogP contribution in [-0.2, 0) is 6.54 Å². The Bertz CT molecular complexity index is 931. The Morgan fingerprint density at radius 2 is 1.59 bits per heavy atom. The molecule has 0 N–H and O–H groups in total. The van der Waals surface area contributed by atoms with Crippen molar-refractivity contribution in [3.8, 4) is 34.3 Å².